The van der Waals surface area contributed by atoms with Gasteiger partial charge in [0.15, 0.2) is 0 Å². The average Bonchev–Trinajstić information content (AvgIpc) is 2.46. The van der Waals surface area contributed by atoms with Crippen LogP contribution in [0.2, 0.25) is 0 Å². The van der Waals surface area contributed by atoms with Gasteiger partial charge in [-0.15, -0.1) is 0 Å². The van der Waals surface area contributed by atoms with Crippen molar-refractivity contribution in [1.29, 1.82) is 0 Å². The summed E-state index contributed by atoms with van der Waals surface area (Å²) in [4.78, 5) is 0. The number of aromatic amines is 1. The lowest BCUT2D eigenvalue weighted by Crippen LogP contribution is -1.87. The van der Waals surface area contributed by atoms with Crippen molar-refractivity contribution in [2.45, 2.75) is 20.8 Å². The Kier molecular flexibility index (Phi) is 2.23. The van der Waals surface area contributed by atoms with Crippen molar-refractivity contribution in [3.8, 4) is 11.3 Å². The van der Waals surface area contributed by atoms with E-state index in [0.29, 0.717) is 5.82 Å². The Balaban J connectivity index is 2.58. The molecule has 0 radical (unpaired) electrons. The first-order valence-electron chi connectivity index (χ1n) is 4.97. The summed E-state index contributed by atoms with van der Waals surface area (Å²) < 4.78 is 0. The Morgan fingerprint density at radius 1 is 1.07 bits per heavy atom. The van der Waals surface area contributed by atoms with Crippen LogP contribution >= 0.6 is 0 Å². The van der Waals surface area contributed by atoms with Crippen LogP contribution in [0.3, 0.4) is 0 Å². The molecule has 15 heavy (non-hydrogen) atoms. The van der Waals surface area contributed by atoms with E-state index < -0.39 is 0 Å². The summed E-state index contributed by atoms with van der Waals surface area (Å²) in [5, 5.41) is 6.97. The number of anilines is 1. The molecule has 0 aliphatic rings. The minimum Gasteiger partial charge on any atom is -0.382 e. The van der Waals surface area contributed by atoms with Crippen LogP contribution in [0, 0.1) is 20.8 Å². The minimum atomic E-state index is 0.573. The highest BCUT2D eigenvalue weighted by molar-refractivity contribution is 5.68. The van der Waals surface area contributed by atoms with Gasteiger partial charge in [0, 0.05) is 11.1 Å². The van der Waals surface area contributed by atoms with E-state index >= 15 is 0 Å². The number of aryl methyl sites for hydroxylation is 2. The van der Waals surface area contributed by atoms with Crippen LogP contribution in [0.4, 0.5) is 5.82 Å². The zero-order chi connectivity index (χ0) is 11.0. The second kappa shape index (κ2) is 3.42. The van der Waals surface area contributed by atoms with E-state index in [1.54, 1.807) is 0 Å². The van der Waals surface area contributed by atoms with E-state index in [9.17, 15) is 0 Å². The number of nitrogens with zero attached hydrogens (tertiary/aromatic N) is 1. The highest BCUT2D eigenvalue weighted by Gasteiger charge is 2.08. The van der Waals surface area contributed by atoms with Crippen LogP contribution in [-0.2, 0) is 0 Å². The molecule has 1 aromatic heterocycles. The summed E-state index contributed by atoms with van der Waals surface area (Å²) in [5.41, 5.74) is 11.4. The predicted octanol–water partition coefficient (Wildman–Crippen LogP) is 2.58. The number of H-pyrrole nitrogens is 1. The molecule has 0 saturated carbocycles. The van der Waals surface area contributed by atoms with Gasteiger partial charge in [-0.3, -0.25) is 5.10 Å². The Hall–Kier alpha value is -1.77. The van der Waals surface area contributed by atoms with Crippen molar-refractivity contribution >= 4 is 5.82 Å². The van der Waals surface area contributed by atoms with E-state index in [-0.39, 0.29) is 0 Å². The third-order valence-electron chi connectivity index (χ3n) is 2.56. The third-order valence-corrected chi connectivity index (χ3v) is 2.56. The Bertz CT molecular complexity index is 477. The summed E-state index contributed by atoms with van der Waals surface area (Å²) >= 11 is 0. The van der Waals surface area contributed by atoms with Crippen molar-refractivity contribution in [2.24, 2.45) is 0 Å². The zero-order valence-corrected chi connectivity index (χ0v) is 9.26. The molecule has 3 heteroatoms. The molecule has 0 bridgehead atoms. The van der Waals surface area contributed by atoms with Crippen LogP contribution in [0.15, 0.2) is 18.2 Å². The van der Waals surface area contributed by atoms with Crippen LogP contribution in [0.25, 0.3) is 11.3 Å². The van der Waals surface area contributed by atoms with E-state index in [4.69, 9.17) is 5.73 Å². The maximum atomic E-state index is 5.71. The normalized spacial score (nSPS) is 10.6. The molecule has 2 aromatic rings. The summed E-state index contributed by atoms with van der Waals surface area (Å²) in [6, 6.07) is 6.42. The number of aromatic nitrogens is 2. The van der Waals surface area contributed by atoms with Gasteiger partial charge in [-0.2, -0.15) is 5.10 Å². The number of hydrogen-bond acceptors (Lipinski definition) is 2. The van der Waals surface area contributed by atoms with Crippen molar-refractivity contribution in [1.82, 2.24) is 10.2 Å². The fourth-order valence-corrected chi connectivity index (χ4v) is 1.81. The molecular weight excluding hydrogens is 186 g/mol. The summed E-state index contributed by atoms with van der Waals surface area (Å²) in [5.74, 6) is 0.573. The number of nitrogens with one attached hydrogen (secondary N) is 1. The van der Waals surface area contributed by atoms with Gasteiger partial charge < -0.3 is 5.73 Å². The van der Waals surface area contributed by atoms with Crippen molar-refractivity contribution in [3.63, 3.8) is 0 Å². The monoisotopic (exact) mass is 201 g/mol. The number of nitrogens with two attached hydrogens (primary N) is 1. The Morgan fingerprint density at radius 2 is 1.67 bits per heavy atom. The average molecular weight is 201 g/mol. The molecule has 2 rings (SSSR count). The maximum Gasteiger partial charge on any atom is 0.148 e. The summed E-state index contributed by atoms with van der Waals surface area (Å²) in [6.45, 7) is 6.16. The van der Waals surface area contributed by atoms with Gasteiger partial charge in [-0.1, -0.05) is 17.2 Å². The van der Waals surface area contributed by atoms with Gasteiger partial charge in [-0.25, -0.2) is 0 Å². The molecule has 0 spiro atoms. The maximum absolute atomic E-state index is 5.71. The van der Waals surface area contributed by atoms with Gasteiger partial charge in [0.1, 0.15) is 5.82 Å². The number of rotatable bonds is 1. The molecule has 3 nitrogen and oxygen atoms in total. The van der Waals surface area contributed by atoms with Gasteiger partial charge >= 0.3 is 0 Å². The third kappa shape index (κ3) is 1.73. The van der Waals surface area contributed by atoms with Gasteiger partial charge in [0.2, 0.25) is 0 Å². The number of nitrogen functional groups attached to an aromatic ring is 1. The molecule has 0 aliphatic carbocycles. The van der Waals surface area contributed by atoms with Crippen LogP contribution in [0.5, 0.6) is 0 Å². The second-order valence-corrected chi connectivity index (χ2v) is 3.99. The lowest BCUT2D eigenvalue weighted by atomic mass is 10.0. The fourth-order valence-electron chi connectivity index (χ4n) is 1.81. The van der Waals surface area contributed by atoms with E-state index in [1.165, 1.54) is 11.1 Å². The summed E-state index contributed by atoms with van der Waals surface area (Å²) in [7, 11) is 0. The number of benzene rings is 1. The first kappa shape index (κ1) is 9.77. The molecule has 3 N–H and O–H groups in total. The van der Waals surface area contributed by atoms with Crippen molar-refractivity contribution in [2.75, 3.05) is 5.73 Å². The quantitative estimate of drug-likeness (QED) is 0.745. The topological polar surface area (TPSA) is 54.7 Å². The molecule has 0 aliphatic heterocycles. The first-order chi connectivity index (χ1) is 7.08. The van der Waals surface area contributed by atoms with Crippen LogP contribution in [-0.4, -0.2) is 10.2 Å². The molecule has 78 valence electrons. The van der Waals surface area contributed by atoms with Gasteiger partial charge in [0.25, 0.3) is 0 Å². The molecule has 0 amide bonds. The van der Waals surface area contributed by atoms with Crippen molar-refractivity contribution in [3.05, 3.63) is 34.9 Å². The standard InChI is InChI=1S/C12H15N3/c1-7-4-8(2)6-10(5-7)11-9(3)12(13)15-14-11/h4-6H,1-3H3,(H3,13,14,15). The fraction of sp³-hybridized carbons (Fsp3) is 0.250. The predicted molar refractivity (Wildman–Crippen MR) is 62.6 cm³/mol. The Morgan fingerprint density at radius 3 is 2.13 bits per heavy atom. The summed E-state index contributed by atoms with van der Waals surface area (Å²) in [6.07, 6.45) is 0. The molecule has 0 unspecified atom stereocenters. The molecule has 0 fully saturated rings. The van der Waals surface area contributed by atoms with E-state index in [0.717, 1.165) is 16.8 Å². The molecule has 1 aromatic carbocycles. The highest BCUT2D eigenvalue weighted by atomic mass is 15.2. The van der Waals surface area contributed by atoms with Crippen LogP contribution < -0.4 is 5.73 Å². The molecule has 1 heterocycles. The van der Waals surface area contributed by atoms with Crippen molar-refractivity contribution < 1.29 is 0 Å². The largest absolute Gasteiger partial charge is 0.382 e. The van der Waals surface area contributed by atoms with E-state index in [2.05, 4.69) is 42.2 Å². The molecule has 0 atom stereocenters. The van der Waals surface area contributed by atoms with Gasteiger partial charge in [-0.05, 0) is 32.9 Å². The van der Waals surface area contributed by atoms with Gasteiger partial charge in [0.05, 0.1) is 5.69 Å². The second-order valence-electron chi connectivity index (χ2n) is 3.99. The van der Waals surface area contributed by atoms with E-state index in [1.807, 2.05) is 6.92 Å². The molecule has 0 saturated heterocycles. The number of hydrogen-bond donors (Lipinski definition) is 2. The minimum absolute atomic E-state index is 0.573. The Labute approximate surface area is 89.3 Å². The highest BCUT2D eigenvalue weighted by Crippen LogP contribution is 2.25. The lowest BCUT2D eigenvalue weighted by molar-refractivity contribution is 1.10. The first-order valence-corrected chi connectivity index (χ1v) is 4.97. The SMILES string of the molecule is Cc1cc(C)cc(-c2[nH]nc(N)c2C)c1. The lowest BCUT2D eigenvalue weighted by Gasteiger charge is -2.03. The van der Waals surface area contributed by atoms with Crippen LogP contribution in [0.1, 0.15) is 16.7 Å². The zero-order valence-electron chi connectivity index (χ0n) is 9.26. The smallest absolute Gasteiger partial charge is 0.148 e. The molecular formula is C12H15N3.